The molecule has 1 saturated heterocycles. The number of amides is 1. The topological polar surface area (TPSA) is 91.2 Å². The number of carbonyl (C=O) groups excluding carboxylic acids is 1. The van der Waals surface area contributed by atoms with Gasteiger partial charge >= 0.3 is 0 Å². The van der Waals surface area contributed by atoms with Gasteiger partial charge in [-0.25, -0.2) is 15.0 Å². The number of nitrogens with one attached hydrogen (secondary N) is 2. The van der Waals surface area contributed by atoms with Crippen molar-refractivity contribution >= 4 is 23.2 Å². The van der Waals surface area contributed by atoms with Gasteiger partial charge in [0.1, 0.15) is 17.8 Å². The molecule has 172 valence electrons. The Balaban J connectivity index is 1.36. The lowest BCUT2D eigenvalue weighted by atomic mass is 9.95. The fourth-order valence-electron chi connectivity index (χ4n) is 4.55. The highest BCUT2D eigenvalue weighted by molar-refractivity contribution is 6.02. The average molecular weight is 447 g/mol. The van der Waals surface area contributed by atoms with Crippen molar-refractivity contribution in [3.05, 3.63) is 48.7 Å². The number of rotatable bonds is 6. The molecule has 33 heavy (non-hydrogen) atoms. The zero-order valence-electron chi connectivity index (χ0n) is 19.2. The van der Waals surface area contributed by atoms with E-state index in [0.717, 1.165) is 61.9 Å². The summed E-state index contributed by atoms with van der Waals surface area (Å²) in [5.74, 6) is 2.96. The molecular weight excluding hydrogens is 416 g/mol. The highest BCUT2D eigenvalue weighted by Crippen LogP contribution is 2.36. The molecular formula is C24H30N8O. The minimum absolute atomic E-state index is 0.0650. The summed E-state index contributed by atoms with van der Waals surface area (Å²) in [6.07, 6.45) is 5.72. The van der Waals surface area contributed by atoms with Crippen molar-refractivity contribution in [2.24, 2.45) is 0 Å². The van der Waals surface area contributed by atoms with Gasteiger partial charge in [-0.15, -0.1) is 0 Å². The number of fused-ring (bicyclic) bond motifs is 1. The lowest BCUT2D eigenvalue weighted by Gasteiger charge is -2.34. The Labute approximate surface area is 193 Å². The highest BCUT2D eigenvalue weighted by Gasteiger charge is 2.29. The Bertz CT molecular complexity index is 1120. The normalized spacial score (nSPS) is 16.5. The van der Waals surface area contributed by atoms with Crippen molar-refractivity contribution in [2.45, 2.75) is 25.3 Å². The van der Waals surface area contributed by atoms with Gasteiger partial charge in [-0.3, -0.25) is 4.79 Å². The molecule has 0 atom stereocenters. The van der Waals surface area contributed by atoms with Gasteiger partial charge in [0.05, 0.1) is 12.2 Å². The molecule has 2 aromatic heterocycles. The molecule has 1 amide bonds. The quantitative estimate of drug-likeness (QED) is 0.601. The summed E-state index contributed by atoms with van der Waals surface area (Å²) in [5.41, 5.74) is 2.87. The number of anilines is 3. The maximum absolute atomic E-state index is 11.9. The van der Waals surface area contributed by atoms with E-state index in [-0.39, 0.29) is 12.5 Å². The van der Waals surface area contributed by atoms with Gasteiger partial charge in [-0.2, -0.15) is 0 Å². The third kappa shape index (κ3) is 4.54. The molecule has 2 aliphatic rings. The molecule has 0 bridgehead atoms. The lowest BCUT2D eigenvalue weighted by molar-refractivity contribution is -0.114. The first-order valence-electron chi connectivity index (χ1n) is 11.5. The third-order valence-corrected chi connectivity index (χ3v) is 6.33. The van der Waals surface area contributed by atoms with Crippen LogP contribution in [0.4, 0.5) is 17.3 Å². The molecule has 3 aromatic rings. The van der Waals surface area contributed by atoms with E-state index in [9.17, 15) is 4.79 Å². The smallest absolute Gasteiger partial charge is 0.243 e. The zero-order valence-corrected chi connectivity index (χ0v) is 19.2. The molecule has 4 heterocycles. The molecule has 0 saturated carbocycles. The lowest BCUT2D eigenvalue weighted by Crippen LogP contribution is -2.37. The Kier molecular flexibility index (Phi) is 5.95. The second-order valence-corrected chi connectivity index (χ2v) is 8.93. The fourth-order valence-corrected chi connectivity index (χ4v) is 4.55. The van der Waals surface area contributed by atoms with Crippen LogP contribution in [-0.2, 0) is 11.3 Å². The van der Waals surface area contributed by atoms with E-state index in [0.29, 0.717) is 17.4 Å². The van der Waals surface area contributed by atoms with Crippen LogP contribution in [0.5, 0.6) is 0 Å². The van der Waals surface area contributed by atoms with Crippen molar-refractivity contribution in [3.63, 3.8) is 0 Å². The fraction of sp³-hybridized carbons (Fsp3) is 0.417. The first-order chi connectivity index (χ1) is 16.1. The summed E-state index contributed by atoms with van der Waals surface area (Å²) >= 11 is 0. The molecule has 1 fully saturated rings. The summed E-state index contributed by atoms with van der Waals surface area (Å²) in [6, 6.07) is 10.4. The van der Waals surface area contributed by atoms with Gasteiger partial charge in [0.15, 0.2) is 11.6 Å². The number of nitrogens with zero attached hydrogens (tertiary/aromatic N) is 6. The van der Waals surface area contributed by atoms with Crippen molar-refractivity contribution in [2.75, 3.05) is 55.8 Å². The number of likely N-dealkylation sites (N-methyl/N-ethyl adjacent to an activating group) is 1. The van der Waals surface area contributed by atoms with Crippen molar-refractivity contribution in [1.82, 2.24) is 24.4 Å². The molecule has 2 aliphatic heterocycles. The standard InChI is InChI=1S/C24H30N8O/c1-30(2)12-13-32-15-19(17-6-4-3-5-7-17)28-23(32)18-8-10-31(11-9-18)24-21-22(26-16-27-24)25-14-20(33)29-21/h3-7,15-16,18H,8-14H2,1-2H3,(H,29,33)(H,25,26,27). The summed E-state index contributed by atoms with van der Waals surface area (Å²) in [6.45, 7) is 3.83. The van der Waals surface area contributed by atoms with Crippen LogP contribution in [0.3, 0.4) is 0 Å². The minimum atomic E-state index is -0.0650. The SMILES string of the molecule is CN(C)CCn1cc(-c2ccccc2)nc1C1CCN(c2ncnc3c2NC(=O)CN3)CC1. The maximum atomic E-state index is 11.9. The predicted molar refractivity (Wildman–Crippen MR) is 130 cm³/mol. The molecule has 5 rings (SSSR count). The van der Waals surface area contributed by atoms with Crippen LogP contribution in [0.25, 0.3) is 11.3 Å². The first-order valence-corrected chi connectivity index (χ1v) is 11.5. The van der Waals surface area contributed by atoms with Crippen LogP contribution in [0, 0.1) is 0 Å². The van der Waals surface area contributed by atoms with Crippen molar-refractivity contribution < 1.29 is 4.79 Å². The molecule has 0 radical (unpaired) electrons. The van der Waals surface area contributed by atoms with Crippen LogP contribution in [-0.4, -0.2) is 70.6 Å². The number of aromatic nitrogens is 4. The number of imidazole rings is 1. The molecule has 9 heteroatoms. The van der Waals surface area contributed by atoms with E-state index in [1.807, 2.05) is 6.07 Å². The third-order valence-electron chi connectivity index (χ3n) is 6.33. The molecule has 0 spiro atoms. The van der Waals surface area contributed by atoms with E-state index < -0.39 is 0 Å². The van der Waals surface area contributed by atoms with Gasteiger partial charge in [-0.1, -0.05) is 30.3 Å². The van der Waals surface area contributed by atoms with Crippen molar-refractivity contribution in [3.8, 4) is 11.3 Å². The first kappa shape index (κ1) is 21.4. The number of hydrogen-bond donors (Lipinski definition) is 2. The van der Waals surface area contributed by atoms with Crippen LogP contribution >= 0.6 is 0 Å². The molecule has 9 nitrogen and oxygen atoms in total. The van der Waals surface area contributed by atoms with Crippen LogP contribution in [0.1, 0.15) is 24.6 Å². The second-order valence-electron chi connectivity index (χ2n) is 8.93. The zero-order chi connectivity index (χ0) is 22.8. The van der Waals surface area contributed by atoms with Crippen LogP contribution in [0.15, 0.2) is 42.9 Å². The van der Waals surface area contributed by atoms with Crippen molar-refractivity contribution in [1.29, 1.82) is 0 Å². The highest BCUT2D eigenvalue weighted by atomic mass is 16.2. The van der Waals surface area contributed by atoms with Gasteiger partial charge in [0.25, 0.3) is 0 Å². The predicted octanol–water partition coefficient (Wildman–Crippen LogP) is 2.65. The number of carbonyl (C=O) groups is 1. The molecule has 2 N–H and O–H groups in total. The van der Waals surface area contributed by atoms with E-state index in [4.69, 9.17) is 4.98 Å². The van der Waals surface area contributed by atoms with E-state index in [1.54, 1.807) is 6.33 Å². The molecule has 0 aliphatic carbocycles. The van der Waals surface area contributed by atoms with Gasteiger partial charge < -0.3 is 25.0 Å². The molecule has 0 unspecified atom stereocenters. The number of piperidine rings is 1. The summed E-state index contributed by atoms with van der Waals surface area (Å²) in [7, 11) is 4.20. The maximum Gasteiger partial charge on any atom is 0.243 e. The minimum Gasteiger partial charge on any atom is -0.359 e. The van der Waals surface area contributed by atoms with Crippen LogP contribution < -0.4 is 15.5 Å². The van der Waals surface area contributed by atoms with Gasteiger partial charge in [0, 0.05) is 43.9 Å². The monoisotopic (exact) mass is 446 g/mol. The Hall–Kier alpha value is -3.46. The van der Waals surface area contributed by atoms with Gasteiger partial charge in [-0.05, 0) is 26.9 Å². The largest absolute Gasteiger partial charge is 0.359 e. The molecule has 1 aromatic carbocycles. The summed E-state index contributed by atoms with van der Waals surface area (Å²) in [4.78, 5) is 30.2. The Morgan fingerprint density at radius 2 is 1.91 bits per heavy atom. The Morgan fingerprint density at radius 1 is 1.12 bits per heavy atom. The van der Waals surface area contributed by atoms with Crippen LogP contribution in [0.2, 0.25) is 0 Å². The number of hydrogen-bond acceptors (Lipinski definition) is 7. The Morgan fingerprint density at radius 3 is 2.67 bits per heavy atom. The van der Waals surface area contributed by atoms with E-state index in [1.165, 1.54) is 0 Å². The van der Waals surface area contributed by atoms with E-state index in [2.05, 4.69) is 79.5 Å². The van der Waals surface area contributed by atoms with Gasteiger partial charge in [0.2, 0.25) is 5.91 Å². The summed E-state index contributed by atoms with van der Waals surface area (Å²) < 4.78 is 2.33. The van der Waals surface area contributed by atoms with E-state index >= 15 is 0 Å². The number of benzene rings is 1. The average Bonchev–Trinajstić information content (AvgIpc) is 3.27. The second kappa shape index (κ2) is 9.19. The summed E-state index contributed by atoms with van der Waals surface area (Å²) in [5, 5.41) is 6.01.